The fourth-order valence-electron chi connectivity index (χ4n) is 2.11. The van der Waals surface area contributed by atoms with Crippen LogP contribution >= 0.6 is 0 Å². The first-order valence-electron chi connectivity index (χ1n) is 7.71. The number of rotatable bonds is 10. The zero-order chi connectivity index (χ0) is 14.8. The Morgan fingerprint density at radius 1 is 1.20 bits per heavy atom. The van der Waals surface area contributed by atoms with E-state index < -0.39 is 0 Å². The van der Waals surface area contributed by atoms with Crippen LogP contribution in [0.1, 0.15) is 32.3 Å². The Morgan fingerprint density at radius 3 is 2.50 bits per heavy atom. The van der Waals surface area contributed by atoms with Gasteiger partial charge in [0.2, 0.25) is 0 Å². The van der Waals surface area contributed by atoms with Gasteiger partial charge in [0.05, 0.1) is 6.61 Å². The molecule has 1 rings (SSSR count). The average Bonchev–Trinajstić information content (AvgIpc) is 2.43. The van der Waals surface area contributed by atoms with Crippen molar-refractivity contribution in [1.29, 1.82) is 0 Å². The molecular formula is C17H30N2O. The van der Waals surface area contributed by atoms with Crippen molar-refractivity contribution < 1.29 is 4.74 Å². The maximum absolute atomic E-state index is 5.74. The van der Waals surface area contributed by atoms with Crippen molar-refractivity contribution in [3.63, 3.8) is 0 Å². The van der Waals surface area contributed by atoms with Gasteiger partial charge in [-0.25, -0.2) is 0 Å². The van der Waals surface area contributed by atoms with Crippen LogP contribution in [0.3, 0.4) is 0 Å². The maximum Gasteiger partial charge on any atom is 0.119 e. The molecule has 3 heteroatoms. The Labute approximate surface area is 124 Å². The van der Waals surface area contributed by atoms with Crippen molar-refractivity contribution >= 4 is 0 Å². The van der Waals surface area contributed by atoms with E-state index in [0.717, 1.165) is 38.3 Å². The highest BCUT2D eigenvalue weighted by Gasteiger charge is 2.02. The van der Waals surface area contributed by atoms with Crippen LogP contribution in [0.5, 0.6) is 5.75 Å². The van der Waals surface area contributed by atoms with Gasteiger partial charge in [0.1, 0.15) is 5.75 Å². The molecule has 114 valence electrons. The Bertz CT molecular complexity index is 349. The molecular weight excluding hydrogens is 248 g/mol. The topological polar surface area (TPSA) is 24.5 Å². The summed E-state index contributed by atoms with van der Waals surface area (Å²) in [4.78, 5) is 2.18. The fourth-order valence-corrected chi connectivity index (χ4v) is 2.11. The highest BCUT2D eigenvalue weighted by atomic mass is 16.5. The van der Waals surface area contributed by atoms with E-state index in [0.29, 0.717) is 6.04 Å². The smallest absolute Gasteiger partial charge is 0.119 e. The third kappa shape index (κ3) is 7.51. The van der Waals surface area contributed by atoms with Gasteiger partial charge < -0.3 is 15.0 Å². The number of nitrogens with zero attached hydrogens (tertiary/aromatic N) is 1. The number of benzene rings is 1. The largest absolute Gasteiger partial charge is 0.494 e. The van der Waals surface area contributed by atoms with Crippen LogP contribution in [0, 0.1) is 0 Å². The summed E-state index contributed by atoms with van der Waals surface area (Å²) in [5.74, 6) is 0.974. The number of hydrogen-bond acceptors (Lipinski definition) is 3. The molecule has 0 saturated heterocycles. The molecule has 0 radical (unpaired) electrons. The molecule has 1 N–H and O–H groups in total. The van der Waals surface area contributed by atoms with Gasteiger partial charge in [0.25, 0.3) is 0 Å². The normalized spacial score (nSPS) is 12.7. The first-order valence-corrected chi connectivity index (χ1v) is 7.71. The summed E-state index contributed by atoms with van der Waals surface area (Å²) in [5.41, 5.74) is 1.36. The SMILES string of the molecule is CCCNC(C)Cc1ccc(OCCCN(C)C)cc1. The quantitative estimate of drug-likeness (QED) is 0.666. The molecule has 0 bridgehead atoms. The molecule has 1 unspecified atom stereocenters. The molecule has 1 atom stereocenters. The summed E-state index contributed by atoms with van der Waals surface area (Å²) in [6.07, 6.45) is 3.32. The Kier molecular flexibility index (Phi) is 8.31. The van der Waals surface area contributed by atoms with E-state index in [1.165, 1.54) is 12.0 Å². The Balaban J connectivity index is 2.29. The summed E-state index contributed by atoms with van der Waals surface area (Å²) < 4.78 is 5.74. The first-order chi connectivity index (χ1) is 9.61. The van der Waals surface area contributed by atoms with Gasteiger partial charge >= 0.3 is 0 Å². The molecule has 0 aliphatic rings. The highest BCUT2D eigenvalue weighted by molar-refractivity contribution is 5.27. The molecule has 20 heavy (non-hydrogen) atoms. The lowest BCUT2D eigenvalue weighted by molar-refractivity contribution is 0.281. The molecule has 0 aliphatic heterocycles. The van der Waals surface area contributed by atoms with Gasteiger partial charge in [-0.3, -0.25) is 0 Å². The van der Waals surface area contributed by atoms with E-state index in [2.05, 4.69) is 62.4 Å². The number of hydrogen-bond donors (Lipinski definition) is 1. The zero-order valence-electron chi connectivity index (χ0n) is 13.5. The van der Waals surface area contributed by atoms with Crippen LogP contribution in [0.2, 0.25) is 0 Å². The second-order valence-corrected chi connectivity index (χ2v) is 5.71. The second-order valence-electron chi connectivity index (χ2n) is 5.71. The van der Waals surface area contributed by atoms with E-state index in [4.69, 9.17) is 4.74 Å². The molecule has 1 aromatic carbocycles. The Morgan fingerprint density at radius 2 is 1.90 bits per heavy atom. The highest BCUT2D eigenvalue weighted by Crippen LogP contribution is 2.13. The lowest BCUT2D eigenvalue weighted by Crippen LogP contribution is -2.28. The minimum absolute atomic E-state index is 0.529. The van der Waals surface area contributed by atoms with Gasteiger partial charge in [-0.05, 0) is 64.5 Å². The molecule has 0 saturated carbocycles. The van der Waals surface area contributed by atoms with Gasteiger partial charge in [0, 0.05) is 12.6 Å². The van der Waals surface area contributed by atoms with Gasteiger partial charge in [-0.15, -0.1) is 0 Å². The van der Waals surface area contributed by atoms with Crippen molar-refractivity contribution in [3.05, 3.63) is 29.8 Å². The standard InChI is InChI=1S/C17H30N2O/c1-5-11-18-15(2)14-16-7-9-17(10-8-16)20-13-6-12-19(3)4/h7-10,15,18H,5-6,11-14H2,1-4H3. The Hall–Kier alpha value is -1.06. The van der Waals surface area contributed by atoms with E-state index in [1.54, 1.807) is 0 Å². The minimum atomic E-state index is 0.529. The summed E-state index contributed by atoms with van der Waals surface area (Å²) in [6.45, 7) is 7.38. The molecule has 0 aliphatic carbocycles. The van der Waals surface area contributed by atoms with Crippen molar-refractivity contribution in [3.8, 4) is 5.75 Å². The summed E-state index contributed by atoms with van der Waals surface area (Å²) in [5, 5.41) is 3.51. The molecule has 0 spiro atoms. The van der Waals surface area contributed by atoms with Crippen LogP contribution in [0.25, 0.3) is 0 Å². The van der Waals surface area contributed by atoms with Crippen LogP contribution in [0.4, 0.5) is 0 Å². The van der Waals surface area contributed by atoms with Crippen molar-refractivity contribution in [1.82, 2.24) is 10.2 Å². The molecule has 3 nitrogen and oxygen atoms in total. The fraction of sp³-hybridized carbons (Fsp3) is 0.647. The predicted octanol–water partition coefficient (Wildman–Crippen LogP) is 2.95. The van der Waals surface area contributed by atoms with Crippen LogP contribution in [0.15, 0.2) is 24.3 Å². The molecule has 1 aromatic rings. The molecule has 0 aromatic heterocycles. The van der Waals surface area contributed by atoms with Gasteiger partial charge in [-0.1, -0.05) is 19.1 Å². The monoisotopic (exact) mass is 278 g/mol. The summed E-state index contributed by atoms with van der Waals surface area (Å²) >= 11 is 0. The third-order valence-electron chi connectivity index (χ3n) is 3.23. The van der Waals surface area contributed by atoms with E-state index in [-0.39, 0.29) is 0 Å². The summed E-state index contributed by atoms with van der Waals surface area (Å²) in [7, 11) is 4.17. The van der Waals surface area contributed by atoms with Crippen LogP contribution < -0.4 is 10.1 Å². The lowest BCUT2D eigenvalue weighted by Gasteiger charge is -2.14. The van der Waals surface area contributed by atoms with Crippen LogP contribution in [-0.4, -0.2) is 44.7 Å². The number of ether oxygens (including phenoxy) is 1. The maximum atomic E-state index is 5.74. The molecule has 0 fully saturated rings. The second kappa shape index (κ2) is 9.78. The predicted molar refractivity (Wildman–Crippen MR) is 86.6 cm³/mol. The van der Waals surface area contributed by atoms with E-state index >= 15 is 0 Å². The first kappa shape index (κ1) is 17.0. The van der Waals surface area contributed by atoms with Crippen molar-refractivity contribution in [2.24, 2.45) is 0 Å². The zero-order valence-corrected chi connectivity index (χ0v) is 13.5. The number of nitrogens with one attached hydrogen (secondary N) is 1. The van der Waals surface area contributed by atoms with Gasteiger partial charge in [0.15, 0.2) is 0 Å². The lowest BCUT2D eigenvalue weighted by atomic mass is 10.1. The molecule has 0 amide bonds. The summed E-state index contributed by atoms with van der Waals surface area (Å²) in [6, 6.07) is 9.04. The van der Waals surface area contributed by atoms with E-state index in [9.17, 15) is 0 Å². The third-order valence-corrected chi connectivity index (χ3v) is 3.23. The minimum Gasteiger partial charge on any atom is -0.494 e. The van der Waals surface area contributed by atoms with E-state index in [1.807, 2.05) is 0 Å². The van der Waals surface area contributed by atoms with Crippen molar-refractivity contribution in [2.45, 2.75) is 39.2 Å². The average molecular weight is 278 g/mol. The van der Waals surface area contributed by atoms with Crippen LogP contribution in [-0.2, 0) is 6.42 Å². The van der Waals surface area contributed by atoms with Crippen molar-refractivity contribution in [2.75, 3.05) is 33.8 Å². The van der Waals surface area contributed by atoms with Gasteiger partial charge in [-0.2, -0.15) is 0 Å². The molecule has 0 heterocycles.